The van der Waals surface area contributed by atoms with Crippen LogP contribution in [0.4, 0.5) is 0 Å². The zero-order valence-electron chi connectivity index (χ0n) is 24.8. The van der Waals surface area contributed by atoms with Crippen LogP contribution in [-0.4, -0.2) is 39.2 Å². The van der Waals surface area contributed by atoms with Gasteiger partial charge in [0.2, 0.25) is 0 Å². The van der Waals surface area contributed by atoms with Crippen molar-refractivity contribution in [2.24, 2.45) is 0 Å². The van der Waals surface area contributed by atoms with E-state index in [-0.39, 0.29) is 27.3 Å². The Morgan fingerprint density at radius 1 is 0.459 bits per heavy atom. The van der Waals surface area contributed by atoms with Crippen LogP contribution in [0.15, 0.2) is 23.3 Å². The third kappa shape index (κ3) is 35.3. The molecule has 0 fully saturated rings. The Hall–Kier alpha value is -0.658. The molecule has 0 rings (SSSR count). The number of carbonyl (C=O) groups excluding carboxylic acids is 2. The van der Waals surface area contributed by atoms with Crippen LogP contribution in [0.5, 0.6) is 0 Å². The van der Waals surface area contributed by atoms with Crippen molar-refractivity contribution in [2.45, 2.75) is 169 Å². The maximum atomic E-state index is 10.4. The molecule has 0 bridgehead atoms. The first-order chi connectivity index (χ1) is 17.4. The standard InChI is InChI=1S/2C16H30O2.Pb/c2*1-3-4-5-6-7-8-9-10-11-12-13-14-15(2)16(17)18;/h2*14H,3-13H2,1-2H3,(H,17,18);/q;;+2/p-2. The smallest absolute Gasteiger partial charge is 0.545 e. The first-order valence-electron chi connectivity index (χ1n) is 15.1. The normalized spacial score (nSPS) is 11.5. The Bertz CT molecular complexity index is 519. The molecule has 0 spiro atoms. The van der Waals surface area contributed by atoms with Gasteiger partial charge in [0.05, 0.1) is 11.9 Å². The summed E-state index contributed by atoms with van der Waals surface area (Å²) in [5.74, 6) is -2.08. The number of allylic oxidation sites excluding steroid dienone is 2. The van der Waals surface area contributed by atoms with Gasteiger partial charge < -0.3 is 19.8 Å². The van der Waals surface area contributed by atoms with Gasteiger partial charge in [0, 0.05) is 0 Å². The number of hydrogen-bond acceptors (Lipinski definition) is 4. The Morgan fingerprint density at radius 2 is 0.676 bits per heavy atom. The third-order valence-electron chi connectivity index (χ3n) is 6.66. The Kier molecular flexibility index (Phi) is 36.8. The molecular weight excluding hydrogens is 656 g/mol. The second-order valence-electron chi connectivity index (χ2n) is 10.3. The summed E-state index contributed by atoms with van der Waals surface area (Å²) in [6, 6.07) is 0. The van der Waals surface area contributed by atoms with E-state index < -0.39 is 11.9 Å². The minimum Gasteiger partial charge on any atom is -0.545 e. The van der Waals surface area contributed by atoms with E-state index in [9.17, 15) is 19.8 Å². The number of rotatable bonds is 24. The van der Waals surface area contributed by atoms with Gasteiger partial charge in [0.1, 0.15) is 0 Å². The molecule has 0 aliphatic rings. The molecule has 0 saturated carbocycles. The monoisotopic (exact) mass is 714 g/mol. The summed E-state index contributed by atoms with van der Waals surface area (Å²) in [5.41, 5.74) is 0.733. The number of carboxylic acids is 2. The Balaban J connectivity index is -0.000000608. The first kappa shape index (κ1) is 40.8. The molecule has 4 nitrogen and oxygen atoms in total. The molecule has 0 N–H and O–H groups in total. The summed E-state index contributed by atoms with van der Waals surface area (Å²) in [6.45, 7) is 7.70. The Labute approximate surface area is 250 Å². The summed E-state index contributed by atoms with van der Waals surface area (Å²) in [5, 5.41) is 20.9. The number of unbranched alkanes of at least 4 members (excludes halogenated alkanes) is 20. The van der Waals surface area contributed by atoms with Crippen molar-refractivity contribution < 1.29 is 19.8 Å². The molecule has 0 heterocycles. The summed E-state index contributed by atoms with van der Waals surface area (Å²) in [7, 11) is 0. The van der Waals surface area contributed by atoms with Gasteiger partial charge in [-0.1, -0.05) is 142 Å². The van der Waals surface area contributed by atoms with Crippen LogP contribution in [0.25, 0.3) is 0 Å². The van der Waals surface area contributed by atoms with Crippen LogP contribution in [0.2, 0.25) is 0 Å². The molecule has 214 valence electrons. The van der Waals surface area contributed by atoms with Gasteiger partial charge in [0.15, 0.2) is 0 Å². The van der Waals surface area contributed by atoms with E-state index in [0.717, 1.165) is 25.7 Å². The molecule has 0 aliphatic carbocycles. The maximum Gasteiger partial charge on any atom is 2.00 e. The van der Waals surface area contributed by atoms with Gasteiger partial charge in [-0.05, 0) is 50.7 Å². The van der Waals surface area contributed by atoms with Crippen molar-refractivity contribution in [3.8, 4) is 0 Å². The van der Waals surface area contributed by atoms with Crippen LogP contribution < -0.4 is 10.2 Å². The summed E-state index contributed by atoms with van der Waals surface area (Å²) < 4.78 is 0. The molecule has 2 radical (unpaired) electrons. The molecule has 0 unspecified atom stereocenters. The van der Waals surface area contributed by atoms with Gasteiger partial charge in [-0.15, -0.1) is 0 Å². The van der Waals surface area contributed by atoms with Gasteiger partial charge in [-0.3, -0.25) is 0 Å². The van der Waals surface area contributed by atoms with Crippen molar-refractivity contribution in [3.05, 3.63) is 23.3 Å². The van der Waals surface area contributed by atoms with E-state index in [1.165, 1.54) is 116 Å². The molecule has 0 atom stereocenters. The van der Waals surface area contributed by atoms with E-state index in [4.69, 9.17) is 0 Å². The fourth-order valence-electron chi connectivity index (χ4n) is 4.07. The van der Waals surface area contributed by atoms with Crippen LogP contribution in [0.3, 0.4) is 0 Å². The largest absolute Gasteiger partial charge is 2.00 e. The predicted octanol–water partition coefficient (Wildman–Crippen LogP) is 7.61. The molecule has 0 saturated heterocycles. The van der Waals surface area contributed by atoms with Gasteiger partial charge in [0.25, 0.3) is 0 Å². The van der Waals surface area contributed by atoms with Crippen molar-refractivity contribution in [1.82, 2.24) is 0 Å². The van der Waals surface area contributed by atoms with E-state index in [0.29, 0.717) is 11.1 Å². The molecule has 0 aromatic heterocycles. The van der Waals surface area contributed by atoms with Crippen LogP contribution >= 0.6 is 0 Å². The SMILES string of the molecule is CCCCCCCCCCCCC=C(C)C(=O)[O-].CCCCCCCCCCCCC=C(C)C(=O)[O-].[Pb+2]. The summed E-state index contributed by atoms with van der Waals surface area (Å²) in [6.07, 6.45) is 31.6. The molecular formula is C32H58O4Pb. The van der Waals surface area contributed by atoms with Gasteiger partial charge >= 0.3 is 27.3 Å². The minimum absolute atomic E-state index is 0. The predicted molar refractivity (Wildman–Crippen MR) is 156 cm³/mol. The van der Waals surface area contributed by atoms with E-state index in [2.05, 4.69) is 13.8 Å². The minimum atomic E-state index is -1.04. The Morgan fingerprint density at radius 3 is 0.892 bits per heavy atom. The molecule has 0 amide bonds. The second kappa shape index (κ2) is 33.4. The number of aliphatic carboxylic acids is 2. The molecule has 5 heteroatoms. The molecule has 0 aromatic rings. The average Bonchev–Trinajstić information content (AvgIpc) is 2.85. The number of hydrogen-bond donors (Lipinski definition) is 0. The van der Waals surface area contributed by atoms with E-state index in [1.807, 2.05) is 0 Å². The zero-order valence-corrected chi connectivity index (χ0v) is 28.7. The van der Waals surface area contributed by atoms with E-state index >= 15 is 0 Å². The van der Waals surface area contributed by atoms with Crippen molar-refractivity contribution in [1.29, 1.82) is 0 Å². The zero-order chi connectivity index (χ0) is 27.3. The fraction of sp³-hybridized carbons (Fsp3) is 0.812. The number of carbonyl (C=O) groups is 2. The second-order valence-corrected chi connectivity index (χ2v) is 10.3. The van der Waals surface area contributed by atoms with Gasteiger partial charge in [-0.25, -0.2) is 0 Å². The third-order valence-corrected chi connectivity index (χ3v) is 6.66. The van der Waals surface area contributed by atoms with Crippen molar-refractivity contribution in [3.63, 3.8) is 0 Å². The first-order valence-corrected chi connectivity index (χ1v) is 15.1. The van der Waals surface area contributed by atoms with Crippen molar-refractivity contribution >= 4 is 39.2 Å². The fourth-order valence-corrected chi connectivity index (χ4v) is 4.07. The van der Waals surface area contributed by atoms with Crippen molar-refractivity contribution in [2.75, 3.05) is 0 Å². The van der Waals surface area contributed by atoms with E-state index in [1.54, 1.807) is 26.0 Å². The van der Waals surface area contributed by atoms with Gasteiger partial charge in [-0.2, -0.15) is 0 Å². The summed E-state index contributed by atoms with van der Waals surface area (Å²) >= 11 is 0. The summed E-state index contributed by atoms with van der Waals surface area (Å²) in [4.78, 5) is 20.9. The average molecular weight is 714 g/mol. The number of carboxylic acid groups (broad SMARTS) is 2. The molecule has 37 heavy (non-hydrogen) atoms. The maximum absolute atomic E-state index is 10.4. The van der Waals surface area contributed by atoms with Crippen LogP contribution in [0, 0.1) is 0 Å². The molecule has 0 aromatic carbocycles. The van der Waals surface area contributed by atoms with Crippen LogP contribution in [0.1, 0.15) is 169 Å². The quantitative estimate of drug-likeness (QED) is 0.0586. The molecule has 0 aliphatic heterocycles. The van der Waals surface area contributed by atoms with Crippen LogP contribution in [-0.2, 0) is 9.59 Å². The topological polar surface area (TPSA) is 80.3 Å².